The maximum Gasteiger partial charge on any atom is 0.128 e. The van der Waals surface area contributed by atoms with Crippen molar-refractivity contribution in [2.24, 2.45) is 5.92 Å². The highest BCUT2D eigenvalue weighted by molar-refractivity contribution is 6.10. The van der Waals surface area contributed by atoms with E-state index in [2.05, 4.69) is 168 Å². The van der Waals surface area contributed by atoms with Crippen LogP contribution >= 0.6 is 0 Å². The molecule has 7 aliphatic rings. The van der Waals surface area contributed by atoms with Crippen LogP contribution in [0.25, 0.3) is 38.4 Å². The Morgan fingerprint density at radius 1 is 0.623 bits per heavy atom. The maximum atomic E-state index is 6.48. The largest absolute Gasteiger partial charge is 0.485 e. The second-order valence-corrected chi connectivity index (χ2v) is 15.7. The molecule has 1 aliphatic heterocycles. The molecule has 53 heavy (non-hydrogen) atoms. The first kappa shape index (κ1) is 28.5. The Bertz CT molecular complexity index is 2880. The van der Waals surface area contributed by atoms with Crippen LogP contribution in [-0.4, -0.2) is 10.7 Å². The first-order valence-electron chi connectivity index (χ1n) is 19.2. The number of hydrogen-bond acceptors (Lipinski definition) is 1. The van der Waals surface area contributed by atoms with Crippen molar-refractivity contribution in [1.82, 2.24) is 4.57 Å². The van der Waals surface area contributed by atoms with E-state index in [1.165, 1.54) is 83.0 Å². The van der Waals surface area contributed by atoms with E-state index in [0.717, 1.165) is 12.2 Å². The molecule has 2 heterocycles. The van der Waals surface area contributed by atoms with E-state index in [9.17, 15) is 0 Å². The Morgan fingerprint density at radius 3 is 2.30 bits per heavy atom. The van der Waals surface area contributed by atoms with Crippen molar-refractivity contribution in [1.29, 1.82) is 0 Å². The topological polar surface area (TPSA) is 14.2 Å². The molecule has 0 spiro atoms. The smallest absolute Gasteiger partial charge is 0.128 e. The summed E-state index contributed by atoms with van der Waals surface area (Å²) in [6, 6.07) is 38.9. The Balaban J connectivity index is 1.05. The zero-order valence-electron chi connectivity index (χ0n) is 29.1. The molecule has 5 aromatic carbocycles. The minimum absolute atomic E-state index is 0.0402. The summed E-state index contributed by atoms with van der Waals surface area (Å²) in [5.41, 5.74) is 18.6. The molecular weight excluding hydrogens is 643 g/mol. The minimum Gasteiger partial charge on any atom is -0.485 e. The average Bonchev–Trinajstić information content (AvgIpc) is 3.96. The number of para-hydroxylation sites is 1. The highest BCUT2D eigenvalue weighted by Crippen LogP contribution is 2.65. The van der Waals surface area contributed by atoms with E-state index >= 15 is 0 Å². The van der Waals surface area contributed by atoms with Crippen LogP contribution in [0.4, 0.5) is 0 Å². The molecule has 0 saturated heterocycles. The van der Waals surface area contributed by atoms with Gasteiger partial charge >= 0.3 is 0 Å². The van der Waals surface area contributed by atoms with Crippen molar-refractivity contribution in [3.05, 3.63) is 214 Å². The normalized spacial score (nSPS) is 26.0. The molecule has 6 unspecified atom stereocenters. The predicted molar refractivity (Wildman–Crippen MR) is 215 cm³/mol. The molecule has 0 bridgehead atoms. The molecule has 13 rings (SSSR count). The van der Waals surface area contributed by atoms with Crippen LogP contribution in [0.2, 0.25) is 0 Å². The van der Waals surface area contributed by atoms with Gasteiger partial charge in [-0.2, -0.15) is 0 Å². The van der Waals surface area contributed by atoms with Gasteiger partial charge in [-0.05, 0) is 91.6 Å². The summed E-state index contributed by atoms with van der Waals surface area (Å²) in [6.45, 7) is 0. The summed E-state index contributed by atoms with van der Waals surface area (Å²) in [6.07, 6.45) is 24.5. The molecule has 0 N–H and O–H groups in total. The van der Waals surface area contributed by atoms with E-state index < -0.39 is 0 Å². The second-order valence-electron chi connectivity index (χ2n) is 15.7. The van der Waals surface area contributed by atoms with E-state index in [0.29, 0.717) is 5.92 Å². The Morgan fingerprint density at radius 2 is 1.38 bits per heavy atom. The van der Waals surface area contributed by atoms with Crippen molar-refractivity contribution in [2.75, 3.05) is 0 Å². The van der Waals surface area contributed by atoms with E-state index in [-0.39, 0.29) is 29.9 Å². The second kappa shape index (κ2) is 10.3. The first-order valence-corrected chi connectivity index (χ1v) is 19.2. The molecule has 6 aliphatic carbocycles. The number of allylic oxidation sites excluding steroid dienone is 11. The van der Waals surface area contributed by atoms with Crippen LogP contribution < -0.4 is 4.74 Å². The quantitative estimate of drug-likeness (QED) is 0.178. The van der Waals surface area contributed by atoms with Gasteiger partial charge in [0.1, 0.15) is 11.9 Å². The molecule has 0 radical (unpaired) electrons. The number of hydrogen-bond donors (Lipinski definition) is 0. The van der Waals surface area contributed by atoms with Crippen LogP contribution in [0.1, 0.15) is 63.7 Å². The van der Waals surface area contributed by atoms with Gasteiger partial charge in [-0.15, -0.1) is 0 Å². The Labute approximate surface area is 308 Å². The molecule has 6 aromatic rings. The summed E-state index contributed by atoms with van der Waals surface area (Å²) in [4.78, 5) is 0. The van der Waals surface area contributed by atoms with Crippen molar-refractivity contribution >= 4 is 27.2 Å². The van der Waals surface area contributed by atoms with E-state index in [4.69, 9.17) is 4.74 Å². The summed E-state index contributed by atoms with van der Waals surface area (Å²) >= 11 is 0. The molecule has 250 valence electrons. The SMILES string of the molecule is C1=CC2Oc3ccccc3C2C(C2=CC=CC(n3c4c(c5cc6ccccc6cc53)C3=C(C5c6ccccc6-c6cccc3c65)C3C=CC=CC43)C2)=C1. The summed E-state index contributed by atoms with van der Waals surface area (Å²) in [7, 11) is 0. The van der Waals surface area contributed by atoms with Gasteiger partial charge in [-0.1, -0.05) is 140 Å². The standard InChI is InChI=1S/C51H35NO/c1-2-13-30-28-42-41(27-29(30)12-1)50-49-40-23-10-22-35-34-16-3-4-17-36(34)47(46(35)40)48(49)37-18-5-6-19-38(37)51(50)52(42)32-15-9-14-31(26-32)33-21-11-25-44-45(33)39-20-7-8-24-43(39)53-44/h1-25,27-28,32,37-38,44-45,47H,26H2. The highest BCUT2D eigenvalue weighted by Gasteiger charge is 2.49. The molecule has 2 nitrogen and oxygen atoms in total. The van der Waals surface area contributed by atoms with Crippen molar-refractivity contribution < 1.29 is 4.74 Å². The molecule has 6 atom stereocenters. The predicted octanol–water partition coefficient (Wildman–Crippen LogP) is 12.0. The molecular formula is C51H35NO. The van der Waals surface area contributed by atoms with Crippen LogP contribution in [0.15, 0.2) is 181 Å². The van der Waals surface area contributed by atoms with Gasteiger partial charge in [0.15, 0.2) is 0 Å². The van der Waals surface area contributed by atoms with Crippen molar-refractivity contribution in [3.8, 4) is 16.9 Å². The number of rotatable bonds is 2. The Hall–Kier alpha value is -6.12. The molecule has 2 heteroatoms. The first-order chi connectivity index (χ1) is 26.3. The fourth-order valence-electron chi connectivity index (χ4n) is 11.3. The van der Waals surface area contributed by atoms with Crippen LogP contribution in [0.5, 0.6) is 5.75 Å². The van der Waals surface area contributed by atoms with Gasteiger partial charge in [0.2, 0.25) is 0 Å². The fourth-order valence-corrected chi connectivity index (χ4v) is 11.3. The van der Waals surface area contributed by atoms with Gasteiger partial charge in [-0.3, -0.25) is 0 Å². The molecule has 0 amide bonds. The minimum atomic E-state index is 0.0402. The van der Waals surface area contributed by atoms with E-state index in [1.807, 2.05) is 0 Å². The van der Waals surface area contributed by atoms with Crippen LogP contribution in [0, 0.1) is 5.92 Å². The third-order valence-corrected chi connectivity index (χ3v) is 13.3. The zero-order valence-corrected chi connectivity index (χ0v) is 29.1. The average molecular weight is 678 g/mol. The lowest BCUT2D eigenvalue weighted by Gasteiger charge is -2.37. The van der Waals surface area contributed by atoms with Gasteiger partial charge in [0.05, 0.1) is 17.5 Å². The monoisotopic (exact) mass is 677 g/mol. The molecule has 0 fully saturated rings. The zero-order chi connectivity index (χ0) is 34.4. The lowest BCUT2D eigenvalue weighted by molar-refractivity contribution is 0.265. The number of ether oxygens (including phenoxy) is 1. The third-order valence-electron chi connectivity index (χ3n) is 13.3. The van der Waals surface area contributed by atoms with Gasteiger partial charge in [-0.25, -0.2) is 0 Å². The summed E-state index contributed by atoms with van der Waals surface area (Å²) in [5, 5.41) is 3.97. The van der Waals surface area contributed by atoms with Gasteiger partial charge in [0.25, 0.3) is 0 Å². The fraction of sp³-hybridized carbons (Fsp3) is 0.137. The number of benzene rings is 5. The lowest BCUT2D eigenvalue weighted by Crippen LogP contribution is -2.26. The van der Waals surface area contributed by atoms with Crippen molar-refractivity contribution in [2.45, 2.75) is 36.3 Å². The van der Waals surface area contributed by atoms with E-state index in [1.54, 1.807) is 5.57 Å². The number of nitrogens with zero attached hydrogens (tertiary/aromatic N) is 1. The molecule has 1 aromatic heterocycles. The lowest BCUT2D eigenvalue weighted by atomic mass is 9.69. The highest BCUT2D eigenvalue weighted by atomic mass is 16.5. The number of fused-ring (bicyclic) bond motifs is 16. The summed E-state index contributed by atoms with van der Waals surface area (Å²) < 4.78 is 9.24. The number of aromatic nitrogens is 1. The molecule has 0 saturated carbocycles. The van der Waals surface area contributed by atoms with Crippen LogP contribution in [0.3, 0.4) is 0 Å². The van der Waals surface area contributed by atoms with Crippen LogP contribution in [-0.2, 0) is 0 Å². The third kappa shape index (κ3) is 3.64. The van der Waals surface area contributed by atoms with Gasteiger partial charge < -0.3 is 9.30 Å². The maximum absolute atomic E-state index is 6.48. The summed E-state index contributed by atoms with van der Waals surface area (Å²) in [5.74, 6) is 2.06. The van der Waals surface area contributed by atoms with Gasteiger partial charge in [0, 0.05) is 40.0 Å². The van der Waals surface area contributed by atoms with Crippen molar-refractivity contribution in [3.63, 3.8) is 0 Å². The Kier molecular flexibility index (Phi) is 5.51.